The number of piperidine rings is 1. The van der Waals surface area contributed by atoms with Crippen molar-refractivity contribution in [3.8, 4) is 11.5 Å². The second-order valence-corrected chi connectivity index (χ2v) is 9.63. The Morgan fingerprint density at radius 2 is 1.69 bits per heavy atom. The third-order valence-electron chi connectivity index (χ3n) is 7.12. The molecule has 0 saturated carbocycles. The number of ether oxygens (including phenoxy) is 2. The second-order valence-electron chi connectivity index (χ2n) is 9.63. The number of halogens is 1. The van der Waals surface area contributed by atoms with E-state index in [9.17, 15) is 19.1 Å². The molecular weight excluding hydrogens is 465 g/mol. The van der Waals surface area contributed by atoms with Crippen molar-refractivity contribution in [2.75, 3.05) is 50.8 Å². The van der Waals surface area contributed by atoms with Crippen molar-refractivity contribution in [1.29, 1.82) is 0 Å². The van der Waals surface area contributed by atoms with Gasteiger partial charge in [0.15, 0.2) is 17.3 Å². The first-order chi connectivity index (χ1) is 17.5. The van der Waals surface area contributed by atoms with Crippen molar-refractivity contribution in [1.82, 2.24) is 10.2 Å². The molecule has 3 aliphatic rings. The number of likely N-dealkylation sites (tertiary alicyclic amines) is 1. The number of ketones is 1. The molecule has 192 valence electrons. The number of benzene rings is 2. The molecule has 8 nitrogen and oxygen atoms in total. The van der Waals surface area contributed by atoms with Crippen molar-refractivity contribution < 1.29 is 28.6 Å². The summed E-state index contributed by atoms with van der Waals surface area (Å²) >= 11 is 0. The molecule has 2 saturated heterocycles. The molecule has 0 spiro atoms. The first-order valence-electron chi connectivity index (χ1n) is 12.7. The minimum absolute atomic E-state index is 0.0173. The molecule has 2 N–H and O–H groups in total. The summed E-state index contributed by atoms with van der Waals surface area (Å²) in [5.74, 6) is -1.88. The van der Waals surface area contributed by atoms with Crippen LogP contribution < -0.4 is 19.7 Å². The first-order valence-corrected chi connectivity index (χ1v) is 12.7. The third kappa shape index (κ3) is 5.32. The maximum absolute atomic E-state index is 14.6. The molecule has 3 aliphatic heterocycles. The van der Waals surface area contributed by atoms with Crippen molar-refractivity contribution in [3.63, 3.8) is 0 Å². The predicted molar refractivity (Wildman–Crippen MR) is 132 cm³/mol. The zero-order valence-corrected chi connectivity index (χ0v) is 20.2. The van der Waals surface area contributed by atoms with Crippen molar-refractivity contribution in [2.24, 2.45) is 0 Å². The second kappa shape index (κ2) is 10.8. The van der Waals surface area contributed by atoms with Crippen LogP contribution in [0.15, 0.2) is 36.4 Å². The highest BCUT2D eigenvalue weighted by Gasteiger charge is 2.31. The van der Waals surface area contributed by atoms with Crippen LogP contribution in [0.25, 0.3) is 0 Å². The van der Waals surface area contributed by atoms with Gasteiger partial charge in [0.05, 0.1) is 6.04 Å². The van der Waals surface area contributed by atoms with Crippen LogP contribution in [0.1, 0.15) is 47.7 Å². The van der Waals surface area contributed by atoms with Gasteiger partial charge in [-0.3, -0.25) is 9.59 Å². The smallest absolute Gasteiger partial charge is 0.292 e. The first kappa shape index (κ1) is 24.5. The lowest BCUT2D eigenvalue weighted by Crippen LogP contribution is -2.52. The molecule has 0 radical (unpaired) electrons. The summed E-state index contributed by atoms with van der Waals surface area (Å²) in [5, 5.41) is 13.8. The van der Waals surface area contributed by atoms with E-state index in [0.29, 0.717) is 6.54 Å². The minimum Gasteiger partial charge on any atom is -0.486 e. The zero-order chi connectivity index (χ0) is 25.1. The van der Waals surface area contributed by atoms with E-state index in [0.717, 1.165) is 51.1 Å². The van der Waals surface area contributed by atoms with E-state index < -0.39 is 29.7 Å². The largest absolute Gasteiger partial charge is 0.486 e. The van der Waals surface area contributed by atoms with E-state index >= 15 is 0 Å². The SMILES string of the molecule is O=C(N[C@H](CN1CCC1)[C@H](O)c1cc(F)c2c(c1)OCCO2)C(=O)c1ccc(N2CCCCC2)cc1. The van der Waals surface area contributed by atoms with Crippen molar-refractivity contribution in [2.45, 2.75) is 37.8 Å². The van der Waals surface area contributed by atoms with Gasteiger partial charge in [0.1, 0.15) is 19.3 Å². The number of rotatable bonds is 8. The zero-order valence-electron chi connectivity index (χ0n) is 20.2. The Morgan fingerprint density at radius 3 is 2.39 bits per heavy atom. The van der Waals surface area contributed by atoms with E-state index in [1.54, 1.807) is 12.1 Å². The van der Waals surface area contributed by atoms with Crippen LogP contribution in [0.5, 0.6) is 11.5 Å². The van der Waals surface area contributed by atoms with Crippen molar-refractivity contribution in [3.05, 3.63) is 53.3 Å². The molecule has 0 unspecified atom stereocenters. The fourth-order valence-corrected chi connectivity index (χ4v) is 4.94. The third-order valence-corrected chi connectivity index (χ3v) is 7.12. The molecule has 2 aromatic carbocycles. The van der Waals surface area contributed by atoms with Crippen molar-refractivity contribution >= 4 is 17.4 Å². The molecule has 0 aromatic heterocycles. The number of nitrogens with zero attached hydrogens (tertiary/aromatic N) is 2. The number of hydrogen-bond acceptors (Lipinski definition) is 7. The number of anilines is 1. The molecule has 2 fully saturated rings. The number of Topliss-reactive ketones (excluding diaryl/α,β-unsaturated/α-hetero) is 1. The Balaban J connectivity index is 1.30. The highest BCUT2D eigenvalue weighted by atomic mass is 19.1. The molecule has 9 heteroatoms. The van der Waals surface area contributed by atoms with Crippen LogP contribution in [0, 0.1) is 5.82 Å². The fourth-order valence-electron chi connectivity index (χ4n) is 4.94. The van der Waals surface area contributed by atoms with Gasteiger partial charge in [0.25, 0.3) is 5.91 Å². The average Bonchev–Trinajstić information content (AvgIpc) is 2.89. The summed E-state index contributed by atoms with van der Waals surface area (Å²) in [6.07, 6.45) is 3.32. The summed E-state index contributed by atoms with van der Waals surface area (Å²) in [5.41, 5.74) is 1.58. The van der Waals surface area contributed by atoms with E-state index in [1.807, 2.05) is 12.1 Å². The van der Waals surface area contributed by atoms with Gasteiger partial charge in [0, 0.05) is 30.9 Å². The van der Waals surface area contributed by atoms with Crippen LogP contribution in [-0.4, -0.2) is 73.7 Å². The number of carbonyl (C=O) groups excluding carboxylic acids is 2. The molecular formula is C27H32FN3O5. The summed E-state index contributed by atoms with van der Waals surface area (Å²) in [6.45, 7) is 4.52. The molecule has 5 rings (SSSR count). The van der Waals surface area contributed by atoms with E-state index in [1.165, 1.54) is 18.6 Å². The van der Waals surface area contributed by atoms with Gasteiger partial charge < -0.3 is 29.7 Å². The lowest BCUT2D eigenvalue weighted by atomic mass is 9.99. The van der Waals surface area contributed by atoms with Crippen LogP contribution in [0.2, 0.25) is 0 Å². The summed E-state index contributed by atoms with van der Waals surface area (Å²) in [4.78, 5) is 30.2. The average molecular weight is 498 g/mol. The van der Waals surface area contributed by atoms with E-state index in [-0.39, 0.29) is 35.8 Å². The Morgan fingerprint density at radius 1 is 0.972 bits per heavy atom. The van der Waals surface area contributed by atoms with Gasteiger partial charge >= 0.3 is 0 Å². The van der Waals surface area contributed by atoms with Gasteiger partial charge in [-0.2, -0.15) is 0 Å². The Hall–Kier alpha value is -3.17. The quantitative estimate of drug-likeness (QED) is 0.428. The number of amides is 1. The topological polar surface area (TPSA) is 91.3 Å². The Bertz CT molecular complexity index is 1100. The normalized spacial score (nSPS) is 19.2. The van der Waals surface area contributed by atoms with Crippen LogP contribution in [0.4, 0.5) is 10.1 Å². The molecule has 1 amide bonds. The molecule has 3 heterocycles. The van der Waals surface area contributed by atoms with Gasteiger partial charge in [-0.25, -0.2) is 4.39 Å². The van der Waals surface area contributed by atoms with Gasteiger partial charge in [-0.05, 0) is 80.7 Å². The number of aliphatic hydroxyl groups excluding tert-OH is 1. The van der Waals surface area contributed by atoms with E-state index in [2.05, 4.69) is 15.1 Å². The van der Waals surface area contributed by atoms with Crippen LogP contribution in [-0.2, 0) is 4.79 Å². The number of carbonyl (C=O) groups is 2. The number of hydrogen-bond donors (Lipinski definition) is 2. The van der Waals surface area contributed by atoms with Gasteiger partial charge in [0.2, 0.25) is 5.78 Å². The number of fused-ring (bicyclic) bond motifs is 1. The Labute approximate surface area is 210 Å². The molecule has 0 aliphatic carbocycles. The highest BCUT2D eigenvalue weighted by Crippen LogP contribution is 2.36. The maximum Gasteiger partial charge on any atom is 0.292 e. The van der Waals surface area contributed by atoms with Crippen LogP contribution in [0.3, 0.4) is 0 Å². The molecule has 2 atom stereocenters. The number of nitrogens with one attached hydrogen (secondary N) is 1. The summed E-state index contributed by atoms with van der Waals surface area (Å²) < 4.78 is 25.4. The van der Waals surface area contributed by atoms with E-state index in [4.69, 9.17) is 9.47 Å². The lowest BCUT2D eigenvalue weighted by Gasteiger charge is -2.36. The predicted octanol–water partition coefficient (Wildman–Crippen LogP) is 2.69. The molecule has 0 bridgehead atoms. The van der Waals surface area contributed by atoms with Gasteiger partial charge in [-0.15, -0.1) is 0 Å². The number of aliphatic hydroxyl groups is 1. The maximum atomic E-state index is 14.6. The fraction of sp³-hybridized carbons (Fsp3) is 0.481. The Kier molecular flexibility index (Phi) is 7.38. The monoisotopic (exact) mass is 497 g/mol. The minimum atomic E-state index is -1.24. The summed E-state index contributed by atoms with van der Waals surface area (Å²) in [6, 6.07) is 8.99. The van der Waals surface area contributed by atoms with Crippen LogP contribution >= 0.6 is 0 Å². The highest BCUT2D eigenvalue weighted by molar-refractivity contribution is 6.42. The molecule has 2 aromatic rings. The standard InChI is InChI=1S/C27H32FN3O5/c28-21-15-19(16-23-26(21)36-14-13-35-23)24(32)22(17-30-9-4-10-30)29-27(34)25(33)18-5-7-20(8-6-18)31-11-2-1-3-12-31/h5-8,15-16,22,24,32H,1-4,9-14,17H2,(H,29,34)/t22-,24-/m1/s1. The van der Waals surface area contributed by atoms with Gasteiger partial charge in [-0.1, -0.05) is 0 Å². The molecule has 36 heavy (non-hydrogen) atoms. The summed E-state index contributed by atoms with van der Waals surface area (Å²) in [7, 11) is 0. The lowest BCUT2D eigenvalue weighted by molar-refractivity contribution is -0.118.